The minimum Gasteiger partial charge on any atom is -0.462 e. The smallest absolute Gasteiger partial charge is 0.341 e. The van der Waals surface area contributed by atoms with Crippen LogP contribution >= 0.6 is 15.9 Å². The van der Waals surface area contributed by atoms with E-state index in [9.17, 15) is 4.79 Å². The number of aromatic nitrogens is 2. The normalized spacial score (nSPS) is 14.3. The van der Waals surface area contributed by atoms with Crippen molar-refractivity contribution in [3.63, 3.8) is 0 Å². The summed E-state index contributed by atoms with van der Waals surface area (Å²) in [5.41, 5.74) is 2.52. The van der Waals surface area contributed by atoms with Gasteiger partial charge >= 0.3 is 5.97 Å². The van der Waals surface area contributed by atoms with Crippen LogP contribution in [-0.4, -0.2) is 22.4 Å². The van der Waals surface area contributed by atoms with E-state index in [4.69, 9.17) is 4.74 Å². The Kier molecular flexibility index (Phi) is 3.61. The van der Waals surface area contributed by atoms with Crippen LogP contribution in [0.4, 0.5) is 0 Å². The Hall–Kier alpha value is -1.62. The molecule has 104 valence electrons. The van der Waals surface area contributed by atoms with Gasteiger partial charge < -0.3 is 4.74 Å². The molecule has 0 spiro atoms. The first-order valence-corrected chi connectivity index (χ1v) is 7.51. The molecule has 1 aliphatic rings. The Morgan fingerprint density at radius 1 is 1.50 bits per heavy atom. The first-order chi connectivity index (χ1) is 9.70. The average molecular weight is 335 g/mol. The summed E-state index contributed by atoms with van der Waals surface area (Å²) in [7, 11) is 0. The highest BCUT2D eigenvalue weighted by Gasteiger charge is 2.33. The van der Waals surface area contributed by atoms with Gasteiger partial charge in [0.15, 0.2) is 0 Å². The molecule has 0 aliphatic heterocycles. The zero-order chi connectivity index (χ0) is 14.1. The maximum atomic E-state index is 12.0. The third-order valence-electron chi connectivity index (χ3n) is 3.32. The van der Waals surface area contributed by atoms with E-state index in [1.165, 1.54) is 0 Å². The number of carbonyl (C=O) groups excluding carboxylic acids is 1. The second-order valence-corrected chi connectivity index (χ2v) is 5.75. The van der Waals surface area contributed by atoms with Gasteiger partial charge in [0.25, 0.3) is 0 Å². The van der Waals surface area contributed by atoms with Crippen molar-refractivity contribution in [1.82, 2.24) is 9.78 Å². The molecule has 1 saturated carbocycles. The molecule has 1 heterocycles. The fraction of sp³-hybridized carbons (Fsp3) is 0.333. The van der Waals surface area contributed by atoms with Gasteiger partial charge in [-0.2, -0.15) is 5.10 Å². The second kappa shape index (κ2) is 5.40. The van der Waals surface area contributed by atoms with E-state index in [-0.39, 0.29) is 5.97 Å². The molecule has 0 unspecified atom stereocenters. The van der Waals surface area contributed by atoms with Crippen molar-refractivity contribution in [1.29, 1.82) is 0 Å². The predicted molar refractivity (Wildman–Crippen MR) is 79.2 cm³/mol. The molecule has 1 aromatic heterocycles. The summed E-state index contributed by atoms with van der Waals surface area (Å²) in [6, 6.07) is 7.91. The van der Waals surface area contributed by atoms with Crippen LogP contribution in [0, 0.1) is 0 Å². The van der Waals surface area contributed by atoms with Crippen molar-refractivity contribution in [2.24, 2.45) is 0 Å². The van der Waals surface area contributed by atoms with Crippen LogP contribution in [0.25, 0.3) is 5.69 Å². The molecule has 3 rings (SSSR count). The summed E-state index contributed by atoms with van der Waals surface area (Å²) in [5.74, 6) is 0.131. The van der Waals surface area contributed by atoms with Crippen LogP contribution in [0.15, 0.2) is 34.9 Å². The van der Waals surface area contributed by atoms with Crippen LogP contribution in [0.2, 0.25) is 0 Å². The molecule has 20 heavy (non-hydrogen) atoms. The van der Waals surface area contributed by atoms with E-state index >= 15 is 0 Å². The van der Waals surface area contributed by atoms with Crippen molar-refractivity contribution in [3.05, 3.63) is 46.2 Å². The lowest BCUT2D eigenvalue weighted by Gasteiger charge is -2.09. The highest BCUT2D eigenvalue weighted by atomic mass is 79.9. The molecular weight excluding hydrogens is 320 g/mol. The molecule has 0 bridgehead atoms. The molecule has 1 fully saturated rings. The Morgan fingerprint density at radius 3 is 2.95 bits per heavy atom. The lowest BCUT2D eigenvalue weighted by Crippen LogP contribution is -2.09. The summed E-state index contributed by atoms with van der Waals surface area (Å²) >= 11 is 3.46. The molecule has 0 N–H and O–H groups in total. The van der Waals surface area contributed by atoms with Gasteiger partial charge in [-0.25, -0.2) is 9.48 Å². The fourth-order valence-electron chi connectivity index (χ4n) is 2.29. The van der Waals surface area contributed by atoms with Gasteiger partial charge in [-0.1, -0.05) is 22.0 Å². The summed E-state index contributed by atoms with van der Waals surface area (Å²) in [4.78, 5) is 12.0. The van der Waals surface area contributed by atoms with E-state index in [1.54, 1.807) is 6.20 Å². The third-order valence-corrected chi connectivity index (χ3v) is 3.81. The number of rotatable bonds is 4. The minimum atomic E-state index is -0.282. The first kappa shape index (κ1) is 13.4. The highest BCUT2D eigenvalue weighted by molar-refractivity contribution is 9.10. The number of hydrogen-bond donors (Lipinski definition) is 0. The van der Waals surface area contributed by atoms with Crippen molar-refractivity contribution in [3.8, 4) is 5.69 Å². The van der Waals surface area contributed by atoms with Crippen molar-refractivity contribution < 1.29 is 9.53 Å². The predicted octanol–water partition coefficient (Wildman–Crippen LogP) is 3.69. The Labute approximate surface area is 125 Å². The van der Waals surface area contributed by atoms with Crippen molar-refractivity contribution >= 4 is 21.9 Å². The lowest BCUT2D eigenvalue weighted by molar-refractivity contribution is 0.0525. The van der Waals surface area contributed by atoms with E-state index in [0.717, 1.165) is 28.7 Å². The van der Waals surface area contributed by atoms with E-state index in [1.807, 2.05) is 35.9 Å². The number of esters is 1. The van der Waals surface area contributed by atoms with Gasteiger partial charge in [0.2, 0.25) is 0 Å². The number of carbonyl (C=O) groups is 1. The topological polar surface area (TPSA) is 44.1 Å². The molecule has 1 aromatic carbocycles. The fourth-order valence-corrected chi connectivity index (χ4v) is 2.67. The summed E-state index contributed by atoms with van der Waals surface area (Å²) in [6.07, 6.45) is 3.82. The molecule has 0 radical (unpaired) electrons. The minimum absolute atomic E-state index is 0.282. The van der Waals surface area contributed by atoms with Crippen LogP contribution in [0.5, 0.6) is 0 Å². The number of halogens is 1. The molecule has 4 nitrogen and oxygen atoms in total. The van der Waals surface area contributed by atoms with Gasteiger partial charge in [-0.05, 0) is 38.0 Å². The monoisotopic (exact) mass is 334 g/mol. The largest absolute Gasteiger partial charge is 0.462 e. The van der Waals surface area contributed by atoms with Crippen LogP contribution in [-0.2, 0) is 4.74 Å². The summed E-state index contributed by atoms with van der Waals surface area (Å²) in [5, 5.41) is 4.39. The quantitative estimate of drug-likeness (QED) is 0.801. The van der Waals surface area contributed by atoms with Crippen molar-refractivity contribution in [2.45, 2.75) is 25.7 Å². The number of hydrogen-bond acceptors (Lipinski definition) is 3. The lowest BCUT2D eigenvalue weighted by atomic mass is 10.1. The SMILES string of the molecule is CCOC(=O)c1cnn(-c2cccc(Br)c2)c1C1CC1. The Bertz CT molecular complexity index is 647. The van der Waals surface area contributed by atoms with Gasteiger partial charge in [-0.3, -0.25) is 0 Å². The zero-order valence-corrected chi connectivity index (χ0v) is 12.8. The molecule has 5 heteroatoms. The standard InChI is InChI=1S/C15H15BrN2O2/c1-2-20-15(19)13-9-17-18(14(13)10-6-7-10)12-5-3-4-11(16)8-12/h3-5,8-10H,2,6-7H2,1H3. The van der Waals surface area contributed by atoms with Gasteiger partial charge in [0.1, 0.15) is 5.56 Å². The van der Waals surface area contributed by atoms with Crippen LogP contribution in [0.1, 0.15) is 41.7 Å². The maximum absolute atomic E-state index is 12.0. The molecule has 2 aromatic rings. The number of ether oxygens (including phenoxy) is 1. The Balaban J connectivity index is 2.06. The summed E-state index contributed by atoms with van der Waals surface area (Å²) in [6.45, 7) is 2.19. The van der Waals surface area contributed by atoms with Gasteiger partial charge in [0, 0.05) is 10.4 Å². The average Bonchev–Trinajstić information content (AvgIpc) is 3.17. The number of benzene rings is 1. The number of nitrogens with zero attached hydrogens (tertiary/aromatic N) is 2. The van der Waals surface area contributed by atoms with Gasteiger partial charge in [0.05, 0.1) is 24.2 Å². The molecule has 0 amide bonds. The first-order valence-electron chi connectivity index (χ1n) is 6.71. The molecule has 0 atom stereocenters. The zero-order valence-electron chi connectivity index (χ0n) is 11.2. The molecule has 0 saturated heterocycles. The van der Waals surface area contributed by atoms with Gasteiger partial charge in [-0.15, -0.1) is 0 Å². The molecule has 1 aliphatic carbocycles. The van der Waals surface area contributed by atoms with E-state index < -0.39 is 0 Å². The summed E-state index contributed by atoms with van der Waals surface area (Å²) < 4.78 is 7.96. The van der Waals surface area contributed by atoms with Crippen molar-refractivity contribution in [2.75, 3.05) is 6.61 Å². The Morgan fingerprint density at radius 2 is 2.30 bits per heavy atom. The van der Waals surface area contributed by atoms with Crippen LogP contribution < -0.4 is 0 Å². The highest BCUT2D eigenvalue weighted by Crippen LogP contribution is 2.42. The van der Waals surface area contributed by atoms with Crippen LogP contribution in [0.3, 0.4) is 0 Å². The second-order valence-electron chi connectivity index (χ2n) is 4.83. The van der Waals surface area contributed by atoms with E-state index in [2.05, 4.69) is 21.0 Å². The third kappa shape index (κ3) is 2.50. The molecular formula is C15H15BrN2O2. The van der Waals surface area contributed by atoms with E-state index in [0.29, 0.717) is 18.1 Å². The maximum Gasteiger partial charge on any atom is 0.341 e.